The van der Waals surface area contributed by atoms with Crippen molar-refractivity contribution in [3.05, 3.63) is 23.8 Å². The van der Waals surface area contributed by atoms with Crippen LogP contribution < -0.4 is 0 Å². The Labute approximate surface area is 120 Å². The van der Waals surface area contributed by atoms with Crippen molar-refractivity contribution in [1.82, 2.24) is 19.8 Å². The van der Waals surface area contributed by atoms with Gasteiger partial charge >= 0.3 is 0 Å². The average molecular weight is 274 g/mol. The van der Waals surface area contributed by atoms with Gasteiger partial charge in [-0.15, -0.1) is 0 Å². The van der Waals surface area contributed by atoms with Crippen molar-refractivity contribution in [2.24, 2.45) is 0 Å². The molecule has 5 heteroatoms. The number of carbonyl (C=O) groups excluding carboxylic acids is 1. The van der Waals surface area contributed by atoms with Gasteiger partial charge in [-0.3, -0.25) is 9.69 Å². The zero-order valence-corrected chi connectivity index (χ0v) is 11.9. The second-order valence-corrected chi connectivity index (χ2v) is 5.75. The maximum atomic E-state index is 12.4. The Balaban J connectivity index is 1.57. The highest BCUT2D eigenvalue weighted by Gasteiger charge is 2.22. The SMILES string of the molecule is O=C(CN1CCc2ncncc2C1)N1CCCCCC1. The van der Waals surface area contributed by atoms with E-state index in [2.05, 4.69) is 14.9 Å². The van der Waals surface area contributed by atoms with Crippen LogP contribution in [0.5, 0.6) is 0 Å². The van der Waals surface area contributed by atoms with E-state index in [1.807, 2.05) is 11.1 Å². The van der Waals surface area contributed by atoms with Gasteiger partial charge in [0.15, 0.2) is 0 Å². The molecule has 1 saturated heterocycles. The van der Waals surface area contributed by atoms with Gasteiger partial charge in [-0.25, -0.2) is 9.97 Å². The van der Waals surface area contributed by atoms with Crippen molar-refractivity contribution in [3.8, 4) is 0 Å². The van der Waals surface area contributed by atoms with Crippen LogP contribution in [0.1, 0.15) is 36.9 Å². The molecule has 0 spiro atoms. The maximum absolute atomic E-state index is 12.4. The average Bonchev–Trinajstić information content (AvgIpc) is 2.76. The molecule has 1 aromatic heterocycles. The van der Waals surface area contributed by atoms with Gasteiger partial charge in [-0.05, 0) is 12.8 Å². The zero-order chi connectivity index (χ0) is 13.8. The fourth-order valence-electron chi connectivity index (χ4n) is 3.07. The third-order valence-corrected chi connectivity index (χ3v) is 4.26. The summed E-state index contributed by atoms with van der Waals surface area (Å²) in [6.07, 6.45) is 9.24. The number of carbonyl (C=O) groups is 1. The number of hydrogen-bond donors (Lipinski definition) is 0. The maximum Gasteiger partial charge on any atom is 0.236 e. The molecule has 1 fully saturated rings. The summed E-state index contributed by atoms with van der Waals surface area (Å²) < 4.78 is 0. The molecule has 3 rings (SSSR count). The van der Waals surface area contributed by atoms with E-state index in [4.69, 9.17) is 0 Å². The summed E-state index contributed by atoms with van der Waals surface area (Å²) in [7, 11) is 0. The third kappa shape index (κ3) is 3.15. The summed E-state index contributed by atoms with van der Waals surface area (Å²) >= 11 is 0. The van der Waals surface area contributed by atoms with Crippen molar-refractivity contribution in [3.63, 3.8) is 0 Å². The van der Waals surface area contributed by atoms with Gasteiger partial charge in [0.25, 0.3) is 0 Å². The lowest BCUT2D eigenvalue weighted by molar-refractivity contribution is -0.132. The molecule has 2 aliphatic rings. The second kappa shape index (κ2) is 6.31. The Morgan fingerprint density at radius 2 is 1.95 bits per heavy atom. The van der Waals surface area contributed by atoms with Crippen LogP contribution in [0.2, 0.25) is 0 Å². The number of likely N-dealkylation sites (tertiary alicyclic amines) is 1. The number of rotatable bonds is 2. The van der Waals surface area contributed by atoms with E-state index in [1.54, 1.807) is 6.33 Å². The number of amides is 1. The first-order valence-electron chi connectivity index (χ1n) is 7.61. The number of hydrogen-bond acceptors (Lipinski definition) is 4. The van der Waals surface area contributed by atoms with Gasteiger partial charge in [-0.1, -0.05) is 12.8 Å². The van der Waals surface area contributed by atoms with E-state index in [0.717, 1.165) is 51.1 Å². The molecule has 0 radical (unpaired) electrons. The van der Waals surface area contributed by atoms with Gasteiger partial charge in [0.1, 0.15) is 6.33 Å². The molecular formula is C15H22N4O. The van der Waals surface area contributed by atoms with Gasteiger partial charge in [0, 0.05) is 50.1 Å². The van der Waals surface area contributed by atoms with Crippen LogP contribution in [-0.2, 0) is 17.8 Å². The van der Waals surface area contributed by atoms with Crippen LogP contribution >= 0.6 is 0 Å². The highest BCUT2D eigenvalue weighted by molar-refractivity contribution is 5.78. The fourth-order valence-corrected chi connectivity index (χ4v) is 3.07. The summed E-state index contributed by atoms with van der Waals surface area (Å²) in [5, 5.41) is 0. The number of aromatic nitrogens is 2. The molecule has 0 N–H and O–H groups in total. The largest absolute Gasteiger partial charge is 0.342 e. The van der Waals surface area contributed by atoms with Gasteiger partial charge in [0.05, 0.1) is 6.54 Å². The van der Waals surface area contributed by atoms with E-state index >= 15 is 0 Å². The van der Waals surface area contributed by atoms with Gasteiger partial charge < -0.3 is 4.90 Å². The highest BCUT2D eigenvalue weighted by atomic mass is 16.2. The van der Waals surface area contributed by atoms with Crippen LogP contribution in [-0.4, -0.2) is 51.9 Å². The molecular weight excluding hydrogens is 252 g/mol. The Hall–Kier alpha value is -1.49. The zero-order valence-electron chi connectivity index (χ0n) is 11.9. The highest BCUT2D eigenvalue weighted by Crippen LogP contribution is 2.16. The first kappa shape index (κ1) is 13.5. The van der Waals surface area contributed by atoms with Crippen molar-refractivity contribution in [2.45, 2.75) is 38.6 Å². The molecule has 0 bridgehead atoms. The van der Waals surface area contributed by atoms with E-state index in [-0.39, 0.29) is 5.91 Å². The van der Waals surface area contributed by atoms with E-state index in [9.17, 15) is 4.79 Å². The van der Waals surface area contributed by atoms with Gasteiger partial charge in [0.2, 0.25) is 5.91 Å². The molecule has 3 heterocycles. The Morgan fingerprint density at radius 3 is 2.75 bits per heavy atom. The lowest BCUT2D eigenvalue weighted by Crippen LogP contribution is -2.42. The minimum atomic E-state index is 0.284. The molecule has 0 aliphatic carbocycles. The smallest absolute Gasteiger partial charge is 0.236 e. The molecule has 0 atom stereocenters. The van der Waals surface area contributed by atoms with Gasteiger partial charge in [-0.2, -0.15) is 0 Å². The van der Waals surface area contributed by atoms with Crippen LogP contribution in [0.25, 0.3) is 0 Å². The summed E-state index contributed by atoms with van der Waals surface area (Å²) in [6, 6.07) is 0. The van der Waals surface area contributed by atoms with Crippen molar-refractivity contribution in [1.29, 1.82) is 0 Å². The van der Waals surface area contributed by atoms with Crippen LogP contribution in [0.4, 0.5) is 0 Å². The topological polar surface area (TPSA) is 49.3 Å². The molecule has 1 aromatic rings. The minimum Gasteiger partial charge on any atom is -0.342 e. The summed E-state index contributed by atoms with van der Waals surface area (Å²) in [5.74, 6) is 0.284. The predicted octanol–water partition coefficient (Wildman–Crippen LogP) is 1.24. The lowest BCUT2D eigenvalue weighted by Gasteiger charge is -2.29. The number of fused-ring (bicyclic) bond motifs is 1. The molecule has 5 nitrogen and oxygen atoms in total. The van der Waals surface area contributed by atoms with Crippen molar-refractivity contribution >= 4 is 5.91 Å². The van der Waals surface area contributed by atoms with Crippen LogP contribution in [0, 0.1) is 0 Å². The Morgan fingerprint density at radius 1 is 1.15 bits per heavy atom. The Kier molecular flexibility index (Phi) is 4.25. The monoisotopic (exact) mass is 274 g/mol. The minimum absolute atomic E-state index is 0.284. The predicted molar refractivity (Wildman–Crippen MR) is 76.1 cm³/mol. The molecule has 0 saturated carbocycles. The summed E-state index contributed by atoms with van der Waals surface area (Å²) in [6.45, 7) is 4.13. The van der Waals surface area contributed by atoms with Crippen LogP contribution in [0.15, 0.2) is 12.5 Å². The molecule has 20 heavy (non-hydrogen) atoms. The quantitative estimate of drug-likeness (QED) is 0.814. The first-order valence-corrected chi connectivity index (χ1v) is 7.61. The summed E-state index contributed by atoms with van der Waals surface area (Å²) in [5.41, 5.74) is 2.31. The third-order valence-electron chi connectivity index (χ3n) is 4.26. The Bertz CT molecular complexity index is 469. The van der Waals surface area contributed by atoms with Crippen LogP contribution in [0.3, 0.4) is 0 Å². The van der Waals surface area contributed by atoms with E-state index < -0.39 is 0 Å². The van der Waals surface area contributed by atoms with E-state index in [0.29, 0.717) is 6.54 Å². The fraction of sp³-hybridized carbons (Fsp3) is 0.667. The van der Waals surface area contributed by atoms with E-state index in [1.165, 1.54) is 18.4 Å². The molecule has 0 unspecified atom stereocenters. The molecule has 1 amide bonds. The van der Waals surface area contributed by atoms with Crippen molar-refractivity contribution < 1.29 is 4.79 Å². The first-order chi connectivity index (χ1) is 9.83. The second-order valence-electron chi connectivity index (χ2n) is 5.75. The number of nitrogens with zero attached hydrogens (tertiary/aromatic N) is 4. The molecule has 108 valence electrons. The molecule has 0 aromatic carbocycles. The summed E-state index contributed by atoms with van der Waals surface area (Å²) in [4.78, 5) is 25.0. The normalized spacial score (nSPS) is 20.3. The lowest BCUT2D eigenvalue weighted by atomic mass is 10.1. The van der Waals surface area contributed by atoms with Crippen molar-refractivity contribution in [2.75, 3.05) is 26.2 Å². The molecule has 2 aliphatic heterocycles. The standard InChI is InChI=1S/C15H22N4O/c20-15(19-6-3-1-2-4-7-19)11-18-8-5-14-13(10-18)9-16-12-17-14/h9,12H,1-8,10-11H2.